The largest absolute Gasteiger partial charge is 0.376 e. The Hall–Kier alpha value is -3.34. The number of piperidine rings is 1. The number of hydrogen-bond acceptors (Lipinski definition) is 6. The van der Waals surface area contributed by atoms with Gasteiger partial charge >= 0.3 is 0 Å². The molecule has 40 heavy (non-hydrogen) atoms. The standard InChI is InChI=1S/C29H31ClN4O5S/c30-22-7-9-24(10-8-22)40(37,38)32-25-14-20(29(36)31-15-23-3-2-12-39-23)6-11-27(25)33-16-19-13-21(18-33)26-4-1-5-28(35)34(26)17-19/h1,4-11,14,19,21,23,32H,2-3,12-13,15-18H2,(H,31,36)/t19-,21+,23-/m1/s1. The van der Waals surface area contributed by atoms with Gasteiger partial charge in [-0.1, -0.05) is 17.7 Å². The number of fused-ring (bicyclic) bond motifs is 4. The van der Waals surface area contributed by atoms with Crippen LogP contribution >= 0.6 is 11.6 Å². The van der Waals surface area contributed by atoms with Crippen molar-refractivity contribution in [2.24, 2.45) is 5.92 Å². The van der Waals surface area contributed by atoms with Crippen LogP contribution in [0.25, 0.3) is 0 Å². The molecule has 1 amide bonds. The minimum Gasteiger partial charge on any atom is -0.376 e. The lowest BCUT2D eigenvalue weighted by atomic mass is 9.83. The number of sulfonamides is 1. The number of aromatic nitrogens is 1. The van der Waals surface area contributed by atoms with Crippen LogP contribution in [0.4, 0.5) is 11.4 Å². The molecule has 2 aromatic carbocycles. The number of halogens is 1. The molecule has 0 aliphatic carbocycles. The molecule has 3 atom stereocenters. The van der Waals surface area contributed by atoms with Gasteiger partial charge in [-0.25, -0.2) is 8.42 Å². The topological polar surface area (TPSA) is 110 Å². The molecule has 0 spiro atoms. The van der Waals surface area contributed by atoms with Gasteiger partial charge in [0.1, 0.15) is 0 Å². The van der Waals surface area contributed by atoms with Crippen molar-refractivity contribution >= 4 is 38.9 Å². The smallest absolute Gasteiger partial charge is 0.261 e. The molecule has 3 aliphatic heterocycles. The predicted molar refractivity (Wildman–Crippen MR) is 154 cm³/mol. The molecule has 2 N–H and O–H groups in total. The average Bonchev–Trinajstić information content (AvgIpc) is 3.46. The molecule has 210 valence electrons. The van der Waals surface area contributed by atoms with Crippen molar-refractivity contribution < 1.29 is 17.9 Å². The third-order valence-corrected chi connectivity index (χ3v) is 9.60. The van der Waals surface area contributed by atoms with E-state index >= 15 is 0 Å². The van der Waals surface area contributed by atoms with Crippen LogP contribution in [0.3, 0.4) is 0 Å². The zero-order valence-electron chi connectivity index (χ0n) is 21.9. The molecule has 0 saturated carbocycles. The van der Waals surface area contributed by atoms with Crippen molar-refractivity contribution in [2.45, 2.75) is 42.7 Å². The molecule has 0 radical (unpaired) electrons. The summed E-state index contributed by atoms with van der Waals surface area (Å²) in [6, 6.07) is 16.5. The highest BCUT2D eigenvalue weighted by atomic mass is 35.5. The van der Waals surface area contributed by atoms with Gasteiger partial charge in [0, 0.05) is 61.1 Å². The first-order valence-corrected chi connectivity index (χ1v) is 15.4. The molecule has 4 heterocycles. The summed E-state index contributed by atoms with van der Waals surface area (Å²) in [6.07, 6.45) is 2.84. The number of carbonyl (C=O) groups is 1. The number of nitrogens with zero attached hydrogens (tertiary/aromatic N) is 2. The van der Waals surface area contributed by atoms with Gasteiger partial charge in [0.25, 0.3) is 21.5 Å². The predicted octanol–water partition coefficient (Wildman–Crippen LogP) is 3.84. The van der Waals surface area contributed by atoms with Crippen LogP contribution in [0.1, 0.15) is 41.2 Å². The Morgan fingerprint density at radius 3 is 2.65 bits per heavy atom. The Morgan fingerprint density at radius 2 is 1.88 bits per heavy atom. The first-order chi connectivity index (χ1) is 19.3. The summed E-state index contributed by atoms with van der Waals surface area (Å²) < 4.78 is 37.0. The number of anilines is 2. The molecule has 2 fully saturated rings. The second-order valence-electron chi connectivity index (χ2n) is 10.7. The highest BCUT2D eigenvalue weighted by molar-refractivity contribution is 7.92. The van der Waals surface area contributed by atoms with Crippen LogP contribution in [0.2, 0.25) is 5.02 Å². The van der Waals surface area contributed by atoms with Gasteiger partial charge in [0.05, 0.1) is 22.4 Å². The fourth-order valence-corrected chi connectivity index (χ4v) is 7.25. The highest BCUT2D eigenvalue weighted by Gasteiger charge is 2.35. The maximum atomic E-state index is 13.4. The summed E-state index contributed by atoms with van der Waals surface area (Å²) in [5, 5.41) is 3.35. The number of pyridine rings is 1. The summed E-state index contributed by atoms with van der Waals surface area (Å²) in [5.74, 6) is 0.0794. The van der Waals surface area contributed by atoms with Crippen LogP contribution in [0, 0.1) is 5.92 Å². The summed E-state index contributed by atoms with van der Waals surface area (Å²) in [4.78, 5) is 27.7. The fourth-order valence-electron chi connectivity index (χ4n) is 6.06. The quantitative estimate of drug-likeness (QED) is 0.438. The van der Waals surface area contributed by atoms with E-state index in [2.05, 4.69) is 14.9 Å². The lowest BCUT2D eigenvalue weighted by molar-refractivity contribution is 0.0858. The molecule has 9 nitrogen and oxygen atoms in total. The van der Waals surface area contributed by atoms with Gasteiger partial charge in [0.2, 0.25) is 0 Å². The summed E-state index contributed by atoms with van der Waals surface area (Å²) >= 11 is 5.98. The number of rotatable bonds is 7. The number of benzene rings is 2. The van der Waals surface area contributed by atoms with Crippen molar-refractivity contribution in [3.05, 3.63) is 87.3 Å². The molecule has 1 aromatic heterocycles. The van der Waals surface area contributed by atoms with Gasteiger partial charge in [-0.15, -0.1) is 0 Å². The van der Waals surface area contributed by atoms with Gasteiger partial charge < -0.3 is 19.5 Å². The third-order valence-electron chi connectivity index (χ3n) is 7.96. The van der Waals surface area contributed by atoms with Crippen molar-refractivity contribution in [1.82, 2.24) is 9.88 Å². The van der Waals surface area contributed by atoms with E-state index in [0.29, 0.717) is 54.7 Å². The summed E-state index contributed by atoms with van der Waals surface area (Å²) in [6.45, 7) is 3.01. The maximum Gasteiger partial charge on any atom is 0.261 e. The van der Waals surface area contributed by atoms with Crippen molar-refractivity contribution in [1.29, 1.82) is 0 Å². The Kier molecular flexibility index (Phi) is 7.33. The lowest BCUT2D eigenvalue weighted by Crippen LogP contribution is -2.47. The van der Waals surface area contributed by atoms with Gasteiger partial charge in [0.15, 0.2) is 0 Å². The number of amides is 1. The van der Waals surface area contributed by atoms with E-state index in [-0.39, 0.29) is 34.3 Å². The van der Waals surface area contributed by atoms with Crippen molar-refractivity contribution in [3.8, 4) is 0 Å². The number of carbonyl (C=O) groups excluding carboxylic acids is 1. The van der Waals surface area contributed by atoms with E-state index < -0.39 is 10.0 Å². The van der Waals surface area contributed by atoms with Crippen molar-refractivity contribution in [2.75, 3.05) is 35.9 Å². The maximum absolute atomic E-state index is 13.4. The van der Waals surface area contributed by atoms with Crippen molar-refractivity contribution in [3.63, 3.8) is 0 Å². The molecule has 6 rings (SSSR count). The molecule has 0 unspecified atom stereocenters. The molecule has 11 heteroatoms. The molecular weight excluding hydrogens is 552 g/mol. The molecule has 2 saturated heterocycles. The summed E-state index contributed by atoms with van der Waals surface area (Å²) in [7, 11) is -3.96. The van der Waals surface area contributed by atoms with Crippen LogP contribution in [-0.2, 0) is 21.3 Å². The Bertz CT molecular complexity index is 1580. The van der Waals surface area contributed by atoms with E-state index in [9.17, 15) is 18.0 Å². The van der Waals surface area contributed by atoms with E-state index in [4.69, 9.17) is 16.3 Å². The average molecular weight is 583 g/mol. The van der Waals surface area contributed by atoms with Crippen LogP contribution < -0.4 is 20.5 Å². The number of ether oxygens (including phenoxy) is 1. The summed E-state index contributed by atoms with van der Waals surface area (Å²) in [5.41, 5.74) is 2.38. The first-order valence-electron chi connectivity index (χ1n) is 13.5. The monoisotopic (exact) mass is 582 g/mol. The fraction of sp³-hybridized carbons (Fsp3) is 0.379. The zero-order chi connectivity index (χ0) is 27.9. The van der Waals surface area contributed by atoms with Crippen LogP contribution in [0.15, 0.2) is 70.4 Å². The number of hydrogen-bond donors (Lipinski definition) is 2. The van der Waals surface area contributed by atoms with E-state index in [0.717, 1.165) is 25.0 Å². The first kappa shape index (κ1) is 26.9. The molecule has 2 bridgehead atoms. The van der Waals surface area contributed by atoms with E-state index in [1.54, 1.807) is 30.3 Å². The Balaban J connectivity index is 1.32. The number of nitrogens with one attached hydrogen (secondary N) is 2. The van der Waals surface area contributed by atoms with Gasteiger partial charge in [-0.05, 0) is 73.7 Å². The lowest BCUT2D eigenvalue weighted by Gasteiger charge is -2.44. The Morgan fingerprint density at radius 1 is 1.05 bits per heavy atom. The van der Waals surface area contributed by atoms with Crippen LogP contribution in [0.5, 0.6) is 0 Å². The van der Waals surface area contributed by atoms with Crippen LogP contribution in [-0.4, -0.2) is 51.2 Å². The Labute approximate surface area is 238 Å². The molecule has 3 aliphatic rings. The molecule has 3 aromatic rings. The zero-order valence-corrected chi connectivity index (χ0v) is 23.5. The third kappa shape index (κ3) is 5.48. The normalized spacial score (nSPS) is 22.0. The minimum absolute atomic E-state index is 0.00533. The minimum atomic E-state index is -3.96. The molecular formula is C29H31ClN4O5S. The highest BCUT2D eigenvalue weighted by Crippen LogP contribution is 2.39. The van der Waals surface area contributed by atoms with E-state index in [1.807, 2.05) is 10.6 Å². The SMILES string of the molecule is O=C(NC[C@H]1CCCO1)c1ccc(N2C[C@H]3C[C@@H](C2)c2cccc(=O)n2C3)c(NS(=O)(=O)c2ccc(Cl)cc2)c1. The van der Waals surface area contributed by atoms with Gasteiger partial charge in [-0.2, -0.15) is 0 Å². The van der Waals surface area contributed by atoms with E-state index in [1.165, 1.54) is 24.3 Å². The second kappa shape index (κ2) is 10.9. The second-order valence-corrected chi connectivity index (χ2v) is 12.9. The van der Waals surface area contributed by atoms with Gasteiger partial charge in [-0.3, -0.25) is 14.3 Å².